The van der Waals surface area contributed by atoms with Crippen molar-refractivity contribution < 1.29 is 47.7 Å². The Morgan fingerprint density at radius 2 is 0.894 bits per heavy atom. The third-order valence-electron chi connectivity index (χ3n) is 7.13. The number of esters is 4. The van der Waals surface area contributed by atoms with Crippen LogP contribution in [-0.4, -0.2) is 67.0 Å². The van der Waals surface area contributed by atoms with E-state index in [-0.39, 0.29) is 22.3 Å². The summed E-state index contributed by atoms with van der Waals surface area (Å²) >= 11 is 0. The van der Waals surface area contributed by atoms with Crippen LogP contribution in [0, 0.1) is 0 Å². The maximum Gasteiger partial charge on any atom is 0.338 e. The lowest BCUT2D eigenvalue weighted by molar-refractivity contribution is -0.235. The molecule has 0 aliphatic carbocycles. The molecule has 47 heavy (non-hydrogen) atoms. The second-order valence-corrected chi connectivity index (χ2v) is 10.5. The molecule has 0 spiro atoms. The molecule has 5 atom stereocenters. The molecular weight excluding hydrogens is 606 g/mol. The van der Waals surface area contributed by atoms with Crippen molar-refractivity contribution in [3.05, 3.63) is 144 Å². The van der Waals surface area contributed by atoms with Gasteiger partial charge in [0.1, 0.15) is 12.7 Å². The first-order valence-corrected chi connectivity index (χ1v) is 14.7. The summed E-state index contributed by atoms with van der Waals surface area (Å²) in [7, 11) is 0. The van der Waals surface area contributed by atoms with Gasteiger partial charge < -0.3 is 29.0 Å². The van der Waals surface area contributed by atoms with E-state index in [9.17, 15) is 24.0 Å². The van der Waals surface area contributed by atoms with Gasteiger partial charge in [-0.05, 0) is 48.5 Å². The summed E-state index contributed by atoms with van der Waals surface area (Å²) in [6, 6.07) is 32.2. The van der Waals surface area contributed by atoms with E-state index in [2.05, 4.69) is 5.32 Å². The Balaban J connectivity index is 1.54. The number of benzene rings is 4. The van der Waals surface area contributed by atoms with Gasteiger partial charge in [0.15, 0.2) is 24.5 Å². The van der Waals surface area contributed by atoms with Gasteiger partial charge in [-0.3, -0.25) is 4.79 Å². The van der Waals surface area contributed by atoms with Crippen molar-refractivity contribution in [3.63, 3.8) is 0 Å². The summed E-state index contributed by atoms with van der Waals surface area (Å²) in [5, 5.41) is 2.58. The number of ether oxygens (including phenoxy) is 5. The minimum Gasteiger partial charge on any atom is -0.459 e. The van der Waals surface area contributed by atoms with Crippen molar-refractivity contribution in [1.29, 1.82) is 0 Å². The lowest BCUT2D eigenvalue weighted by Crippen LogP contribution is -2.66. The Labute approximate surface area is 270 Å². The molecule has 0 aromatic heterocycles. The van der Waals surface area contributed by atoms with Gasteiger partial charge in [-0.2, -0.15) is 0 Å². The van der Waals surface area contributed by atoms with Crippen molar-refractivity contribution in [2.45, 2.75) is 37.6 Å². The largest absolute Gasteiger partial charge is 0.459 e. The van der Waals surface area contributed by atoms with Gasteiger partial charge >= 0.3 is 23.9 Å². The fourth-order valence-electron chi connectivity index (χ4n) is 4.88. The highest BCUT2D eigenvalue weighted by Crippen LogP contribution is 2.30. The first kappa shape index (κ1) is 32.6. The smallest absolute Gasteiger partial charge is 0.338 e. The summed E-state index contributed by atoms with van der Waals surface area (Å²) in [4.78, 5) is 65.5. The van der Waals surface area contributed by atoms with Crippen molar-refractivity contribution >= 4 is 29.8 Å². The quantitative estimate of drug-likeness (QED) is 0.197. The normalized spacial score (nSPS) is 20.2. The van der Waals surface area contributed by atoms with Crippen LogP contribution in [0.15, 0.2) is 121 Å². The Hall–Kier alpha value is -5.81. The van der Waals surface area contributed by atoms with Gasteiger partial charge in [0.25, 0.3) is 0 Å². The fraction of sp³-hybridized carbons (Fsp3) is 0.194. The number of hydrogen-bond donors (Lipinski definition) is 1. The SMILES string of the molecule is CC(=O)N[C@@H]1O[C@H](COC(=O)c2ccccc2)[C@@H](OC(=O)c2ccccc2)[C@H](OC(=O)c2ccccc2)[C@H]1OC(=O)c1ccccc1. The maximum absolute atomic E-state index is 13.5. The molecule has 240 valence electrons. The number of hydrogen-bond acceptors (Lipinski definition) is 10. The number of amides is 1. The van der Waals surface area contributed by atoms with Gasteiger partial charge in [0.2, 0.25) is 5.91 Å². The van der Waals surface area contributed by atoms with E-state index in [1.165, 1.54) is 43.3 Å². The van der Waals surface area contributed by atoms with E-state index < -0.39 is 67.0 Å². The number of carbonyl (C=O) groups is 5. The highest BCUT2D eigenvalue weighted by Gasteiger charge is 2.53. The molecule has 1 aliphatic rings. The predicted octanol–water partition coefficient (Wildman–Crippen LogP) is 4.38. The molecule has 11 heteroatoms. The van der Waals surface area contributed by atoms with Crippen molar-refractivity contribution in [2.75, 3.05) is 6.61 Å². The minimum absolute atomic E-state index is 0.156. The molecular formula is C36H31NO10. The van der Waals surface area contributed by atoms with Crippen molar-refractivity contribution in [1.82, 2.24) is 5.32 Å². The molecule has 4 aromatic carbocycles. The zero-order valence-electron chi connectivity index (χ0n) is 25.2. The van der Waals surface area contributed by atoms with Crippen LogP contribution in [0.3, 0.4) is 0 Å². The fourth-order valence-corrected chi connectivity index (χ4v) is 4.88. The monoisotopic (exact) mass is 637 g/mol. The van der Waals surface area contributed by atoms with Crippen molar-refractivity contribution in [3.8, 4) is 0 Å². The van der Waals surface area contributed by atoms with Crippen LogP contribution >= 0.6 is 0 Å². The number of rotatable bonds is 10. The number of nitrogens with one attached hydrogen (secondary N) is 1. The van der Waals surface area contributed by atoms with E-state index in [1.54, 1.807) is 84.9 Å². The number of carbonyl (C=O) groups excluding carboxylic acids is 5. The first-order chi connectivity index (χ1) is 22.8. The average molecular weight is 638 g/mol. The van der Waals surface area contributed by atoms with Crippen LogP contribution < -0.4 is 5.32 Å². The van der Waals surface area contributed by atoms with Crippen LogP contribution in [0.4, 0.5) is 0 Å². The zero-order valence-corrected chi connectivity index (χ0v) is 25.2. The van der Waals surface area contributed by atoms with Gasteiger partial charge in [0.05, 0.1) is 22.3 Å². The topological polar surface area (TPSA) is 144 Å². The van der Waals surface area contributed by atoms with E-state index in [0.29, 0.717) is 0 Å². The van der Waals surface area contributed by atoms with Crippen molar-refractivity contribution in [2.24, 2.45) is 0 Å². The summed E-state index contributed by atoms with van der Waals surface area (Å²) in [5.74, 6) is -3.74. The molecule has 0 saturated carbocycles. The molecule has 0 unspecified atom stereocenters. The van der Waals surface area contributed by atoms with Crippen LogP contribution in [-0.2, 0) is 28.5 Å². The summed E-state index contributed by atoms with van der Waals surface area (Å²) < 4.78 is 29.4. The molecule has 1 fully saturated rings. The van der Waals surface area contributed by atoms with Gasteiger partial charge in [-0.15, -0.1) is 0 Å². The van der Waals surface area contributed by atoms with Crippen LogP contribution in [0.1, 0.15) is 48.4 Å². The second-order valence-electron chi connectivity index (χ2n) is 10.5. The lowest BCUT2D eigenvalue weighted by Gasteiger charge is -2.44. The Morgan fingerprint density at radius 3 is 1.30 bits per heavy atom. The van der Waals surface area contributed by atoms with Crippen LogP contribution in [0.25, 0.3) is 0 Å². The third kappa shape index (κ3) is 8.47. The molecule has 5 rings (SSSR count). The molecule has 4 aromatic rings. The Kier molecular flexibility index (Phi) is 10.7. The van der Waals surface area contributed by atoms with E-state index in [4.69, 9.17) is 23.7 Å². The molecule has 1 aliphatic heterocycles. The van der Waals surface area contributed by atoms with Crippen LogP contribution in [0.2, 0.25) is 0 Å². The minimum atomic E-state index is -1.55. The summed E-state index contributed by atoms with van der Waals surface area (Å²) in [5.41, 5.74) is 0.742. The van der Waals surface area contributed by atoms with E-state index >= 15 is 0 Å². The Morgan fingerprint density at radius 1 is 0.532 bits per heavy atom. The van der Waals surface area contributed by atoms with E-state index in [1.807, 2.05) is 0 Å². The highest BCUT2D eigenvalue weighted by molar-refractivity contribution is 5.91. The lowest BCUT2D eigenvalue weighted by atomic mass is 9.96. The summed E-state index contributed by atoms with van der Waals surface area (Å²) in [6.07, 6.45) is -7.27. The molecule has 0 radical (unpaired) electrons. The first-order valence-electron chi connectivity index (χ1n) is 14.7. The average Bonchev–Trinajstić information content (AvgIpc) is 3.10. The molecule has 1 amide bonds. The zero-order chi connectivity index (χ0) is 33.2. The van der Waals surface area contributed by atoms with Gasteiger partial charge in [0, 0.05) is 6.92 Å². The third-order valence-corrected chi connectivity index (χ3v) is 7.13. The van der Waals surface area contributed by atoms with Gasteiger partial charge in [-0.25, -0.2) is 19.2 Å². The highest BCUT2D eigenvalue weighted by atomic mass is 16.7. The maximum atomic E-state index is 13.5. The predicted molar refractivity (Wildman–Crippen MR) is 166 cm³/mol. The molecule has 1 heterocycles. The van der Waals surface area contributed by atoms with E-state index in [0.717, 1.165) is 0 Å². The molecule has 11 nitrogen and oxygen atoms in total. The summed E-state index contributed by atoms with van der Waals surface area (Å²) in [6.45, 7) is 0.728. The second kappa shape index (κ2) is 15.5. The van der Waals surface area contributed by atoms with Gasteiger partial charge in [-0.1, -0.05) is 72.8 Å². The molecule has 0 bridgehead atoms. The molecule has 1 N–H and O–H groups in total. The molecule has 1 saturated heterocycles. The Bertz CT molecular complexity index is 1680. The van der Waals surface area contributed by atoms with Crippen LogP contribution in [0.5, 0.6) is 0 Å². The standard InChI is InChI=1S/C36H31NO10/c1-23(38)37-32-31(47-36(42)27-20-12-5-13-21-27)30(46-35(41)26-18-10-4-11-19-26)29(45-34(40)25-16-8-3-9-17-25)28(44-32)22-43-33(39)24-14-6-2-7-15-24/h2-21,28-32H,22H2,1H3,(H,37,38)/t28-,29-,30+,31-,32-/m1/s1.